The molecule has 1 saturated carbocycles. The monoisotopic (exact) mass is 610 g/mol. The molecule has 0 bridgehead atoms. The number of H-pyrrole nitrogens is 1. The highest BCUT2D eigenvalue weighted by molar-refractivity contribution is 5.80. The van der Waals surface area contributed by atoms with Gasteiger partial charge in [-0.15, -0.1) is 5.10 Å². The fraction of sp³-hybridized carbons (Fsp3) is 0.528. The lowest BCUT2D eigenvalue weighted by Gasteiger charge is -2.42. The van der Waals surface area contributed by atoms with Gasteiger partial charge < -0.3 is 4.74 Å². The minimum absolute atomic E-state index is 0.0501. The van der Waals surface area contributed by atoms with Crippen molar-refractivity contribution in [3.05, 3.63) is 75.7 Å². The number of nitrogens with zero attached hydrogens (tertiary/aromatic N) is 5. The lowest BCUT2D eigenvalue weighted by atomic mass is 9.71. The van der Waals surface area contributed by atoms with E-state index >= 15 is 0 Å². The van der Waals surface area contributed by atoms with Gasteiger partial charge in [0.15, 0.2) is 5.82 Å². The van der Waals surface area contributed by atoms with Gasteiger partial charge in [-0.3, -0.25) is 14.3 Å². The number of carbonyl (C=O) groups is 1. The number of fused-ring (bicyclic) bond motifs is 1. The van der Waals surface area contributed by atoms with Gasteiger partial charge >= 0.3 is 5.97 Å². The van der Waals surface area contributed by atoms with Crippen LogP contribution in [0.25, 0.3) is 22.5 Å². The minimum Gasteiger partial charge on any atom is -0.466 e. The number of tetrazole rings is 1. The Morgan fingerprint density at radius 1 is 0.978 bits per heavy atom. The number of esters is 1. The first-order valence-corrected chi connectivity index (χ1v) is 17.0. The summed E-state index contributed by atoms with van der Waals surface area (Å²) < 4.78 is 10.1. The lowest BCUT2D eigenvalue weighted by Crippen LogP contribution is -2.46. The fourth-order valence-electron chi connectivity index (χ4n) is 7.81. The van der Waals surface area contributed by atoms with Crippen LogP contribution >= 0.6 is 0 Å². The highest BCUT2D eigenvalue weighted by atomic mass is 16.5. The van der Waals surface area contributed by atoms with E-state index in [4.69, 9.17) is 4.74 Å². The average molecular weight is 611 g/mol. The third-order valence-electron chi connectivity index (χ3n) is 10.0. The van der Waals surface area contributed by atoms with Crippen molar-refractivity contribution in [3.8, 4) is 22.5 Å². The Balaban J connectivity index is 1.38. The lowest BCUT2D eigenvalue weighted by molar-refractivity contribution is -0.161. The first-order valence-electron chi connectivity index (χ1n) is 17.0. The summed E-state index contributed by atoms with van der Waals surface area (Å²) in [5.41, 5.74) is 5.67. The Labute approximate surface area is 265 Å². The smallest absolute Gasteiger partial charge is 0.314 e. The van der Waals surface area contributed by atoms with Crippen LogP contribution in [0.5, 0.6) is 0 Å². The summed E-state index contributed by atoms with van der Waals surface area (Å²) in [6.07, 6.45) is 12.5. The molecule has 1 atom stereocenters. The number of hydrogen-bond acceptors (Lipinski definition) is 6. The zero-order valence-electron chi connectivity index (χ0n) is 26.8. The predicted molar refractivity (Wildman–Crippen MR) is 175 cm³/mol. The van der Waals surface area contributed by atoms with E-state index in [-0.39, 0.29) is 17.6 Å². The second kappa shape index (κ2) is 14.0. The van der Waals surface area contributed by atoms with Gasteiger partial charge in [0.2, 0.25) is 0 Å². The maximum atomic E-state index is 14.2. The maximum Gasteiger partial charge on any atom is 0.314 e. The molecule has 0 spiro atoms. The number of unbranched alkanes of at least 4 members (excludes halogenated alkanes) is 2. The van der Waals surface area contributed by atoms with E-state index in [2.05, 4.69) is 62.6 Å². The number of hydrogen-bond donors (Lipinski definition) is 1. The molecule has 3 heterocycles. The zero-order chi connectivity index (χ0) is 31.2. The Morgan fingerprint density at radius 3 is 2.42 bits per heavy atom. The molecule has 9 heteroatoms. The van der Waals surface area contributed by atoms with E-state index in [0.717, 1.165) is 111 Å². The topological polar surface area (TPSA) is 108 Å². The predicted octanol–water partition coefficient (Wildman–Crippen LogP) is 7.06. The van der Waals surface area contributed by atoms with Gasteiger partial charge in [0.1, 0.15) is 0 Å². The van der Waals surface area contributed by atoms with Crippen molar-refractivity contribution in [2.45, 2.75) is 110 Å². The summed E-state index contributed by atoms with van der Waals surface area (Å²) in [5.74, 6) is 0.562. The van der Waals surface area contributed by atoms with Crippen LogP contribution in [0.15, 0.2) is 53.3 Å². The van der Waals surface area contributed by atoms with Gasteiger partial charge in [-0.2, -0.15) is 0 Å². The van der Waals surface area contributed by atoms with Crippen molar-refractivity contribution < 1.29 is 9.53 Å². The third-order valence-corrected chi connectivity index (χ3v) is 10.0. The normalized spacial score (nSPS) is 17.9. The summed E-state index contributed by atoms with van der Waals surface area (Å²) in [7, 11) is 0. The van der Waals surface area contributed by atoms with Crippen molar-refractivity contribution in [2.75, 3.05) is 6.61 Å². The molecule has 1 fully saturated rings. The summed E-state index contributed by atoms with van der Waals surface area (Å²) in [4.78, 5) is 28.1. The molecule has 45 heavy (non-hydrogen) atoms. The molecule has 2 aliphatic rings. The molecule has 238 valence electrons. The summed E-state index contributed by atoms with van der Waals surface area (Å²) >= 11 is 0. The number of aromatic nitrogens is 6. The Hall–Kier alpha value is -4.01. The second-order valence-corrected chi connectivity index (χ2v) is 12.8. The number of aromatic amines is 1. The molecule has 1 unspecified atom stereocenters. The van der Waals surface area contributed by atoms with Crippen molar-refractivity contribution in [3.63, 3.8) is 0 Å². The van der Waals surface area contributed by atoms with Crippen LogP contribution in [0.1, 0.15) is 107 Å². The van der Waals surface area contributed by atoms with Crippen LogP contribution in [-0.4, -0.2) is 42.6 Å². The van der Waals surface area contributed by atoms with Crippen molar-refractivity contribution in [2.24, 2.45) is 5.41 Å². The van der Waals surface area contributed by atoms with Crippen LogP contribution < -0.4 is 5.56 Å². The van der Waals surface area contributed by atoms with Crippen LogP contribution in [0.4, 0.5) is 0 Å². The Bertz CT molecular complexity index is 1630. The molecule has 6 rings (SSSR count). The van der Waals surface area contributed by atoms with Gasteiger partial charge in [0.05, 0.1) is 18.1 Å². The van der Waals surface area contributed by atoms with E-state index < -0.39 is 5.41 Å². The number of ether oxygens (including phenoxy) is 1. The fourth-order valence-corrected chi connectivity index (χ4v) is 7.81. The number of nitrogens with one attached hydrogen (secondary N) is 1. The molecule has 0 amide bonds. The van der Waals surface area contributed by atoms with Gasteiger partial charge in [-0.05, 0) is 72.6 Å². The molecular weight excluding hydrogens is 564 g/mol. The van der Waals surface area contributed by atoms with Gasteiger partial charge in [0.25, 0.3) is 5.56 Å². The first kappa shape index (κ1) is 31.0. The molecule has 1 aliphatic heterocycles. The molecule has 0 radical (unpaired) electrons. The third kappa shape index (κ3) is 6.14. The quantitative estimate of drug-likeness (QED) is 0.111. The van der Waals surface area contributed by atoms with E-state index in [1.165, 1.54) is 0 Å². The molecule has 1 aliphatic carbocycles. The maximum absolute atomic E-state index is 14.2. The van der Waals surface area contributed by atoms with E-state index in [0.29, 0.717) is 25.4 Å². The van der Waals surface area contributed by atoms with E-state index in [1.807, 2.05) is 29.8 Å². The number of carbonyl (C=O) groups excluding carboxylic acids is 1. The highest BCUT2D eigenvalue weighted by Crippen LogP contribution is 2.49. The van der Waals surface area contributed by atoms with Crippen molar-refractivity contribution >= 4 is 5.97 Å². The number of rotatable bonds is 11. The highest BCUT2D eigenvalue weighted by Gasteiger charge is 2.50. The Kier molecular flexibility index (Phi) is 9.61. The standard InChI is InChI=1S/C36H46N6O3/c1-3-5-8-16-31-30(25-26-18-20-27(21-19-26)28-14-9-10-15-29(28)33-37-39-40-38-33)34(43)41-24-13-17-32(42(31)41)36(35(44)45-4-2)22-11-6-7-12-23-36/h9-10,14-15,18-21,32H,3-8,11-13,16-17,22-25H2,1-2H3,(H,37,38,39,40). The molecular formula is C36H46N6O3. The molecule has 9 nitrogen and oxygen atoms in total. The molecule has 1 N–H and O–H groups in total. The van der Waals surface area contributed by atoms with E-state index in [9.17, 15) is 9.59 Å². The van der Waals surface area contributed by atoms with Crippen molar-refractivity contribution in [1.82, 2.24) is 30.0 Å². The molecule has 2 aromatic heterocycles. The second-order valence-electron chi connectivity index (χ2n) is 12.8. The SMILES string of the molecule is CCCCCc1c(Cc2ccc(-c3ccccc3-c3nnn[nH]3)cc2)c(=O)n2n1C(C1(C(=O)OCC)CCCCCC1)CCC2. The van der Waals surface area contributed by atoms with Crippen LogP contribution in [0, 0.1) is 5.41 Å². The zero-order valence-corrected chi connectivity index (χ0v) is 26.8. The molecule has 0 saturated heterocycles. The van der Waals surface area contributed by atoms with Gasteiger partial charge in [-0.25, -0.2) is 9.78 Å². The minimum atomic E-state index is -0.578. The molecule has 2 aromatic carbocycles. The summed E-state index contributed by atoms with van der Waals surface area (Å²) in [5, 5.41) is 14.5. The van der Waals surface area contributed by atoms with Crippen LogP contribution in [-0.2, 0) is 28.9 Å². The van der Waals surface area contributed by atoms with Crippen LogP contribution in [0.2, 0.25) is 0 Å². The van der Waals surface area contributed by atoms with Crippen LogP contribution in [0.3, 0.4) is 0 Å². The summed E-state index contributed by atoms with van der Waals surface area (Å²) in [6.45, 7) is 5.20. The Morgan fingerprint density at radius 2 is 1.73 bits per heavy atom. The first-order chi connectivity index (χ1) is 22.1. The molecule has 4 aromatic rings. The summed E-state index contributed by atoms with van der Waals surface area (Å²) in [6, 6.07) is 16.5. The van der Waals surface area contributed by atoms with Crippen molar-refractivity contribution in [1.29, 1.82) is 0 Å². The van der Waals surface area contributed by atoms with E-state index in [1.54, 1.807) is 0 Å². The average Bonchev–Trinajstić information content (AvgIpc) is 3.61. The number of benzene rings is 2. The van der Waals surface area contributed by atoms with Gasteiger partial charge in [0, 0.05) is 29.8 Å². The van der Waals surface area contributed by atoms with Gasteiger partial charge in [-0.1, -0.05) is 94.0 Å². The largest absolute Gasteiger partial charge is 0.466 e.